The molecule has 0 fully saturated rings. The Hall–Kier alpha value is -2.01. The molecule has 21 heavy (non-hydrogen) atoms. The Balaban J connectivity index is 2.09. The highest BCUT2D eigenvalue weighted by Crippen LogP contribution is 2.29. The third kappa shape index (κ3) is 4.49. The number of ether oxygens (including phenoxy) is 2. The standard InChI is InChI=1S/C16H22N2O3/c1-4-19-16-9-13(7-11(2)17)5-6-15(16)20-10-14-8-12(3)18-21-14/h5-6,8-9,11H,4,7,10,17H2,1-3H3. The lowest BCUT2D eigenvalue weighted by Crippen LogP contribution is -2.17. The number of hydrogen-bond donors (Lipinski definition) is 1. The fourth-order valence-electron chi connectivity index (χ4n) is 2.07. The van der Waals surface area contributed by atoms with Crippen molar-refractivity contribution in [2.75, 3.05) is 6.61 Å². The average Bonchev–Trinajstić information content (AvgIpc) is 2.83. The Kier molecular flexibility index (Phi) is 5.22. The average molecular weight is 290 g/mol. The van der Waals surface area contributed by atoms with E-state index in [1.165, 1.54) is 0 Å². The topological polar surface area (TPSA) is 70.5 Å². The van der Waals surface area contributed by atoms with E-state index in [4.69, 9.17) is 19.7 Å². The van der Waals surface area contributed by atoms with Crippen molar-refractivity contribution in [1.82, 2.24) is 5.16 Å². The van der Waals surface area contributed by atoms with Crippen LogP contribution in [-0.4, -0.2) is 17.8 Å². The lowest BCUT2D eigenvalue weighted by Gasteiger charge is -2.13. The van der Waals surface area contributed by atoms with Gasteiger partial charge in [0.1, 0.15) is 6.61 Å². The van der Waals surface area contributed by atoms with Crippen molar-refractivity contribution < 1.29 is 14.0 Å². The molecule has 0 aliphatic rings. The summed E-state index contributed by atoms with van der Waals surface area (Å²) >= 11 is 0. The lowest BCUT2D eigenvalue weighted by molar-refractivity contribution is 0.233. The number of nitrogens with two attached hydrogens (primary N) is 1. The van der Waals surface area contributed by atoms with Gasteiger partial charge in [-0.3, -0.25) is 0 Å². The van der Waals surface area contributed by atoms with Crippen LogP contribution in [0.15, 0.2) is 28.8 Å². The number of nitrogens with zero attached hydrogens (tertiary/aromatic N) is 1. The predicted octanol–water partition coefficient (Wildman–Crippen LogP) is 2.85. The third-order valence-electron chi connectivity index (χ3n) is 2.91. The Morgan fingerprint density at radius 3 is 2.67 bits per heavy atom. The second-order valence-electron chi connectivity index (χ2n) is 5.12. The van der Waals surface area contributed by atoms with E-state index in [0.717, 1.165) is 23.4 Å². The molecule has 0 amide bonds. The molecule has 1 heterocycles. The molecule has 2 rings (SSSR count). The molecular weight excluding hydrogens is 268 g/mol. The molecule has 114 valence electrons. The van der Waals surface area contributed by atoms with Crippen LogP contribution in [-0.2, 0) is 13.0 Å². The van der Waals surface area contributed by atoms with Gasteiger partial charge < -0.3 is 19.7 Å². The van der Waals surface area contributed by atoms with E-state index in [1.54, 1.807) is 0 Å². The van der Waals surface area contributed by atoms with Crippen molar-refractivity contribution in [2.45, 2.75) is 39.8 Å². The van der Waals surface area contributed by atoms with Crippen LogP contribution < -0.4 is 15.2 Å². The molecule has 0 saturated heterocycles. The molecule has 1 unspecified atom stereocenters. The molecular formula is C16H22N2O3. The zero-order valence-corrected chi connectivity index (χ0v) is 12.8. The van der Waals surface area contributed by atoms with Gasteiger partial charge in [-0.2, -0.15) is 0 Å². The van der Waals surface area contributed by atoms with Crippen LogP contribution in [0.4, 0.5) is 0 Å². The summed E-state index contributed by atoms with van der Waals surface area (Å²) in [5.41, 5.74) is 7.81. The zero-order chi connectivity index (χ0) is 15.2. The zero-order valence-electron chi connectivity index (χ0n) is 12.8. The molecule has 0 spiro atoms. The summed E-state index contributed by atoms with van der Waals surface area (Å²) in [7, 11) is 0. The van der Waals surface area contributed by atoms with E-state index in [1.807, 2.05) is 45.0 Å². The van der Waals surface area contributed by atoms with E-state index in [-0.39, 0.29) is 6.04 Å². The van der Waals surface area contributed by atoms with Gasteiger partial charge >= 0.3 is 0 Å². The van der Waals surface area contributed by atoms with Crippen LogP contribution in [0.25, 0.3) is 0 Å². The fraction of sp³-hybridized carbons (Fsp3) is 0.438. The SMILES string of the molecule is CCOc1cc(CC(C)N)ccc1OCc1cc(C)no1. The second-order valence-corrected chi connectivity index (χ2v) is 5.12. The van der Waals surface area contributed by atoms with Crippen LogP contribution in [0.1, 0.15) is 30.9 Å². The number of aromatic nitrogens is 1. The minimum absolute atomic E-state index is 0.114. The smallest absolute Gasteiger partial charge is 0.174 e. The van der Waals surface area contributed by atoms with Gasteiger partial charge in [-0.25, -0.2) is 0 Å². The number of hydrogen-bond acceptors (Lipinski definition) is 5. The van der Waals surface area contributed by atoms with Crippen LogP contribution >= 0.6 is 0 Å². The molecule has 0 saturated carbocycles. The minimum Gasteiger partial charge on any atom is -0.490 e. The molecule has 1 aromatic heterocycles. The second kappa shape index (κ2) is 7.13. The van der Waals surface area contributed by atoms with Crippen molar-refractivity contribution in [3.63, 3.8) is 0 Å². The highest BCUT2D eigenvalue weighted by atomic mass is 16.5. The fourth-order valence-corrected chi connectivity index (χ4v) is 2.07. The van der Waals surface area contributed by atoms with E-state index >= 15 is 0 Å². The summed E-state index contributed by atoms with van der Waals surface area (Å²) in [4.78, 5) is 0. The Labute approximate surface area is 125 Å². The molecule has 1 atom stereocenters. The summed E-state index contributed by atoms with van der Waals surface area (Å²) < 4.78 is 16.5. The molecule has 5 heteroatoms. The van der Waals surface area contributed by atoms with E-state index in [0.29, 0.717) is 24.7 Å². The summed E-state index contributed by atoms with van der Waals surface area (Å²) in [6.45, 7) is 6.72. The summed E-state index contributed by atoms with van der Waals surface area (Å²) in [5.74, 6) is 2.11. The van der Waals surface area contributed by atoms with E-state index in [2.05, 4.69) is 5.16 Å². The maximum absolute atomic E-state index is 5.83. The first-order chi connectivity index (χ1) is 10.1. The first-order valence-corrected chi connectivity index (χ1v) is 7.14. The predicted molar refractivity (Wildman–Crippen MR) is 80.5 cm³/mol. The summed E-state index contributed by atoms with van der Waals surface area (Å²) in [6.07, 6.45) is 0.807. The van der Waals surface area contributed by atoms with Crippen LogP contribution in [0.3, 0.4) is 0 Å². The van der Waals surface area contributed by atoms with Crippen LogP contribution in [0, 0.1) is 6.92 Å². The molecule has 2 N–H and O–H groups in total. The molecule has 1 aromatic carbocycles. The van der Waals surface area contributed by atoms with Gasteiger partial charge in [-0.05, 0) is 44.9 Å². The van der Waals surface area contributed by atoms with Crippen LogP contribution in [0.2, 0.25) is 0 Å². The van der Waals surface area contributed by atoms with Gasteiger partial charge in [0.15, 0.2) is 17.3 Å². The first kappa shape index (κ1) is 15.4. The third-order valence-corrected chi connectivity index (χ3v) is 2.91. The van der Waals surface area contributed by atoms with Gasteiger partial charge in [-0.15, -0.1) is 0 Å². The number of benzene rings is 1. The van der Waals surface area contributed by atoms with Crippen molar-refractivity contribution in [1.29, 1.82) is 0 Å². The van der Waals surface area contributed by atoms with Gasteiger partial charge in [0.25, 0.3) is 0 Å². The maximum atomic E-state index is 5.83. The van der Waals surface area contributed by atoms with Crippen molar-refractivity contribution >= 4 is 0 Å². The normalized spacial score (nSPS) is 12.2. The highest BCUT2D eigenvalue weighted by molar-refractivity contribution is 5.43. The van der Waals surface area contributed by atoms with Crippen molar-refractivity contribution in [3.8, 4) is 11.5 Å². The molecule has 0 aliphatic carbocycles. The minimum atomic E-state index is 0.114. The molecule has 0 aliphatic heterocycles. The molecule has 0 radical (unpaired) electrons. The summed E-state index contributed by atoms with van der Waals surface area (Å²) in [5, 5.41) is 3.83. The lowest BCUT2D eigenvalue weighted by atomic mass is 10.1. The van der Waals surface area contributed by atoms with Gasteiger partial charge in [0, 0.05) is 12.1 Å². The summed E-state index contributed by atoms with van der Waals surface area (Å²) in [6, 6.07) is 7.86. The van der Waals surface area contributed by atoms with Gasteiger partial charge in [0.2, 0.25) is 0 Å². The Bertz CT molecular complexity index is 579. The largest absolute Gasteiger partial charge is 0.490 e. The Morgan fingerprint density at radius 1 is 1.24 bits per heavy atom. The van der Waals surface area contributed by atoms with E-state index in [9.17, 15) is 0 Å². The molecule has 5 nitrogen and oxygen atoms in total. The highest BCUT2D eigenvalue weighted by Gasteiger charge is 2.09. The van der Waals surface area contributed by atoms with Crippen LogP contribution in [0.5, 0.6) is 11.5 Å². The Morgan fingerprint density at radius 2 is 2.05 bits per heavy atom. The first-order valence-electron chi connectivity index (χ1n) is 7.14. The van der Waals surface area contributed by atoms with Crippen molar-refractivity contribution in [2.24, 2.45) is 5.73 Å². The molecule has 2 aromatic rings. The molecule has 0 bridgehead atoms. The number of rotatable bonds is 7. The van der Waals surface area contributed by atoms with Crippen molar-refractivity contribution in [3.05, 3.63) is 41.3 Å². The quantitative estimate of drug-likeness (QED) is 0.849. The monoisotopic (exact) mass is 290 g/mol. The maximum Gasteiger partial charge on any atom is 0.174 e. The van der Waals surface area contributed by atoms with Gasteiger partial charge in [0.05, 0.1) is 12.3 Å². The number of aryl methyl sites for hydroxylation is 1. The van der Waals surface area contributed by atoms with Gasteiger partial charge in [-0.1, -0.05) is 11.2 Å². The van der Waals surface area contributed by atoms with E-state index < -0.39 is 0 Å².